The van der Waals surface area contributed by atoms with Gasteiger partial charge < -0.3 is 15.2 Å². The largest absolute Gasteiger partial charge is 0.354 e. The highest BCUT2D eigenvalue weighted by molar-refractivity contribution is 6.10. The molecule has 0 aliphatic carbocycles. The molecule has 3 aromatic heterocycles. The van der Waals surface area contributed by atoms with Crippen LogP contribution in [0.2, 0.25) is 0 Å². The van der Waals surface area contributed by atoms with Crippen molar-refractivity contribution in [3.05, 3.63) is 46.9 Å². The summed E-state index contributed by atoms with van der Waals surface area (Å²) in [6, 6.07) is 8.25. The van der Waals surface area contributed by atoms with Crippen molar-refractivity contribution < 1.29 is 4.79 Å². The van der Waals surface area contributed by atoms with Crippen LogP contribution in [-0.4, -0.2) is 43.2 Å². The van der Waals surface area contributed by atoms with E-state index in [9.17, 15) is 4.79 Å². The first-order valence-electron chi connectivity index (χ1n) is 12.7. The summed E-state index contributed by atoms with van der Waals surface area (Å²) in [7, 11) is 0. The summed E-state index contributed by atoms with van der Waals surface area (Å²) in [5, 5.41) is 8.77. The number of amides is 1. The van der Waals surface area contributed by atoms with Crippen LogP contribution in [0.15, 0.2) is 24.3 Å². The minimum Gasteiger partial charge on any atom is -0.354 e. The van der Waals surface area contributed by atoms with Gasteiger partial charge in [0.25, 0.3) is 5.91 Å². The molecule has 0 spiro atoms. The number of aromatic nitrogens is 5. The molecule has 2 N–H and O–H groups in total. The van der Waals surface area contributed by atoms with Gasteiger partial charge in [-0.2, -0.15) is 0 Å². The van der Waals surface area contributed by atoms with Gasteiger partial charge in [-0.05, 0) is 57.7 Å². The number of hydrogen-bond donors (Lipinski definition) is 1. The molecular weight excluding hydrogens is 440 g/mol. The third-order valence-corrected chi connectivity index (χ3v) is 7.81. The summed E-state index contributed by atoms with van der Waals surface area (Å²) < 4.78 is 2.17. The Hall–Kier alpha value is -3.33. The maximum absolute atomic E-state index is 13.7. The standard InChI is InChI=1S/C26H32N8O/c1-4-19(27)24-18-14-33(26(35)17(18)13-23(29-24)32-12-6-7-15(32)2)21-9-5-8-20(28-21)25-31-30-22-11-10-16(3)34(22)25/h5,8-9,13,15-16,19H,4,6-7,10-12,14,27H2,1-3H3/t15-,16+,19?/m1/s1. The van der Waals surface area contributed by atoms with Gasteiger partial charge in [0.05, 0.1) is 17.8 Å². The fraction of sp³-hybridized carbons (Fsp3) is 0.500. The molecule has 6 rings (SSSR count). The van der Waals surface area contributed by atoms with Gasteiger partial charge in [0.1, 0.15) is 23.2 Å². The predicted molar refractivity (Wildman–Crippen MR) is 134 cm³/mol. The van der Waals surface area contributed by atoms with Crippen LogP contribution in [0, 0.1) is 0 Å². The van der Waals surface area contributed by atoms with Crippen molar-refractivity contribution in [3.63, 3.8) is 0 Å². The smallest absolute Gasteiger partial charge is 0.260 e. The number of pyridine rings is 2. The highest BCUT2D eigenvalue weighted by Crippen LogP contribution is 2.36. The average Bonchev–Trinajstić information content (AvgIpc) is 3.64. The summed E-state index contributed by atoms with van der Waals surface area (Å²) >= 11 is 0. The van der Waals surface area contributed by atoms with Crippen molar-refractivity contribution in [2.75, 3.05) is 16.3 Å². The molecule has 1 saturated heterocycles. The van der Waals surface area contributed by atoms with E-state index in [2.05, 4.69) is 40.4 Å². The maximum Gasteiger partial charge on any atom is 0.260 e. The van der Waals surface area contributed by atoms with Crippen molar-refractivity contribution in [3.8, 4) is 11.5 Å². The number of aryl methyl sites for hydroxylation is 1. The lowest BCUT2D eigenvalue weighted by Crippen LogP contribution is -2.28. The van der Waals surface area contributed by atoms with E-state index in [0.29, 0.717) is 30.0 Å². The Bertz CT molecular complexity index is 1300. The molecule has 0 aromatic carbocycles. The zero-order chi connectivity index (χ0) is 24.3. The van der Waals surface area contributed by atoms with E-state index in [1.54, 1.807) is 4.90 Å². The Balaban J connectivity index is 1.38. The van der Waals surface area contributed by atoms with Gasteiger partial charge in [0.2, 0.25) is 0 Å². The third kappa shape index (κ3) is 3.52. The van der Waals surface area contributed by atoms with Crippen LogP contribution in [0.4, 0.5) is 11.6 Å². The summed E-state index contributed by atoms with van der Waals surface area (Å²) in [6.45, 7) is 7.83. The van der Waals surface area contributed by atoms with Crippen molar-refractivity contribution in [2.45, 2.75) is 77.5 Å². The first-order valence-corrected chi connectivity index (χ1v) is 12.7. The fourth-order valence-electron chi connectivity index (χ4n) is 5.71. The summed E-state index contributed by atoms with van der Waals surface area (Å²) in [5.74, 6) is 3.18. The van der Waals surface area contributed by atoms with E-state index in [1.165, 1.54) is 0 Å². The van der Waals surface area contributed by atoms with E-state index in [-0.39, 0.29) is 11.9 Å². The Morgan fingerprint density at radius 1 is 1.11 bits per heavy atom. The van der Waals surface area contributed by atoms with Gasteiger partial charge in [-0.25, -0.2) is 9.97 Å². The van der Waals surface area contributed by atoms with Crippen molar-refractivity contribution in [2.24, 2.45) is 5.73 Å². The van der Waals surface area contributed by atoms with E-state index < -0.39 is 0 Å². The number of rotatable bonds is 5. The van der Waals surface area contributed by atoms with Gasteiger partial charge in [0.15, 0.2) is 5.82 Å². The molecule has 9 nitrogen and oxygen atoms in total. The second-order valence-corrected chi connectivity index (χ2v) is 10.1. The number of anilines is 2. The first kappa shape index (κ1) is 22.2. The molecule has 3 aromatic rings. The first-order chi connectivity index (χ1) is 17.0. The molecule has 3 aliphatic heterocycles. The summed E-state index contributed by atoms with van der Waals surface area (Å²) in [6.07, 6.45) is 5.02. The molecule has 0 bridgehead atoms. The van der Waals surface area contributed by atoms with Crippen molar-refractivity contribution in [1.29, 1.82) is 0 Å². The van der Waals surface area contributed by atoms with E-state index >= 15 is 0 Å². The summed E-state index contributed by atoms with van der Waals surface area (Å²) in [5.41, 5.74) is 9.68. The predicted octanol–water partition coefficient (Wildman–Crippen LogP) is 3.80. The molecule has 1 fully saturated rings. The highest BCUT2D eigenvalue weighted by Gasteiger charge is 2.36. The monoisotopic (exact) mass is 472 g/mol. The molecule has 6 heterocycles. The van der Waals surface area contributed by atoms with Crippen LogP contribution in [-0.2, 0) is 13.0 Å². The highest BCUT2D eigenvalue weighted by atomic mass is 16.2. The van der Waals surface area contributed by atoms with E-state index in [1.807, 2.05) is 24.3 Å². The zero-order valence-corrected chi connectivity index (χ0v) is 20.6. The number of carbonyl (C=O) groups excluding carboxylic acids is 1. The topological polar surface area (TPSA) is 106 Å². The second-order valence-electron chi connectivity index (χ2n) is 10.1. The lowest BCUT2D eigenvalue weighted by Gasteiger charge is -2.25. The van der Waals surface area contributed by atoms with Crippen LogP contribution in [0.1, 0.15) is 86.0 Å². The number of nitrogens with zero attached hydrogens (tertiary/aromatic N) is 7. The average molecular weight is 473 g/mol. The minimum atomic E-state index is -0.214. The normalized spacial score (nSPS) is 22.1. The van der Waals surface area contributed by atoms with Gasteiger partial charge in [-0.1, -0.05) is 13.0 Å². The third-order valence-electron chi connectivity index (χ3n) is 7.81. The van der Waals surface area contributed by atoms with Crippen LogP contribution in [0.25, 0.3) is 11.5 Å². The molecule has 1 unspecified atom stereocenters. The Labute approximate surface area is 205 Å². The van der Waals surface area contributed by atoms with E-state index in [0.717, 1.165) is 73.1 Å². The van der Waals surface area contributed by atoms with Gasteiger partial charge >= 0.3 is 0 Å². The molecule has 0 radical (unpaired) electrons. The van der Waals surface area contributed by atoms with Crippen LogP contribution < -0.4 is 15.5 Å². The second kappa shape index (κ2) is 8.41. The molecule has 182 valence electrons. The number of carbonyl (C=O) groups is 1. The fourth-order valence-corrected chi connectivity index (χ4v) is 5.71. The Kier molecular flexibility index (Phi) is 5.32. The van der Waals surface area contributed by atoms with Crippen molar-refractivity contribution in [1.82, 2.24) is 24.7 Å². The van der Waals surface area contributed by atoms with Gasteiger partial charge in [-0.3, -0.25) is 9.69 Å². The molecule has 3 atom stereocenters. The quantitative estimate of drug-likeness (QED) is 0.602. The van der Waals surface area contributed by atoms with Crippen LogP contribution in [0.5, 0.6) is 0 Å². The lowest BCUT2D eigenvalue weighted by molar-refractivity contribution is 0.0996. The lowest BCUT2D eigenvalue weighted by atomic mass is 10.0. The van der Waals surface area contributed by atoms with Gasteiger partial charge in [0, 0.05) is 36.7 Å². The Morgan fingerprint density at radius 3 is 2.74 bits per heavy atom. The van der Waals surface area contributed by atoms with E-state index in [4.69, 9.17) is 15.7 Å². The number of fused-ring (bicyclic) bond motifs is 2. The minimum absolute atomic E-state index is 0.0513. The number of hydrogen-bond acceptors (Lipinski definition) is 7. The molecule has 1 amide bonds. The molecule has 0 saturated carbocycles. The van der Waals surface area contributed by atoms with Crippen molar-refractivity contribution >= 4 is 17.5 Å². The number of nitrogens with two attached hydrogens (primary N) is 1. The maximum atomic E-state index is 13.7. The zero-order valence-electron chi connectivity index (χ0n) is 20.6. The molecule has 35 heavy (non-hydrogen) atoms. The van der Waals surface area contributed by atoms with Gasteiger partial charge in [-0.15, -0.1) is 10.2 Å². The molecule has 3 aliphatic rings. The molecule has 9 heteroatoms. The SMILES string of the molecule is CCC(N)c1nc(N2CCC[C@H]2C)cc2c1CN(c1cccc(-c3nnc4n3[C@@H](C)CC4)n1)C2=O. The van der Waals surface area contributed by atoms with Crippen LogP contribution >= 0.6 is 0 Å². The van der Waals surface area contributed by atoms with Crippen LogP contribution in [0.3, 0.4) is 0 Å². The Morgan fingerprint density at radius 2 is 1.97 bits per heavy atom. The molecular formula is C26H32N8O. The summed E-state index contributed by atoms with van der Waals surface area (Å²) in [4.78, 5) is 27.6.